The molecule has 168 valence electrons. The molecule has 10 heteroatoms. The number of fused-ring (bicyclic) bond motifs is 1. The van der Waals surface area contributed by atoms with Crippen LogP contribution >= 0.6 is 11.3 Å². The first-order valence-electron chi connectivity index (χ1n) is 9.97. The molecule has 0 saturated carbocycles. The van der Waals surface area contributed by atoms with E-state index in [1.54, 1.807) is 24.3 Å². The van der Waals surface area contributed by atoms with Gasteiger partial charge in [0.2, 0.25) is 15.9 Å². The summed E-state index contributed by atoms with van der Waals surface area (Å²) >= 11 is 1.35. The molecule has 0 aliphatic heterocycles. The van der Waals surface area contributed by atoms with Crippen molar-refractivity contribution in [2.45, 2.75) is 32.6 Å². The molecule has 1 aliphatic carbocycles. The van der Waals surface area contributed by atoms with Crippen molar-refractivity contribution in [3.8, 4) is 5.75 Å². The molecular formula is C21H26N2O6S2. The number of benzene rings is 1. The number of hydrogen-bond donors (Lipinski definition) is 1. The van der Waals surface area contributed by atoms with Gasteiger partial charge in [-0.15, -0.1) is 11.3 Å². The fraction of sp³-hybridized carbons (Fsp3) is 0.429. The second-order valence-corrected chi connectivity index (χ2v) is 10.2. The summed E-state index contributed by atoms with van der Waals surface area (Å²) in [6.07, 6.45) is 4.64. The lowest BCUT2D eigenvalue weighted by molar-refractivity contribution is -0.114. The summed E-state index contributed by atoms with van der Waals surface area (Å²) < 4.78 is 36.2. The number of nitrogens with one attached hydrogen (secondary N) is 1. The number of ether oxygens (including phenoxy) is 2. The molecule has 0 fully saturated rings. The fourth-order valence-corrected chi connectivity index (χ4v) is 5.71. The maximum atomic E-state index is 12.8. The Morgan fingerprint density at radius 1 is 1.23 bits per heavy atom. The van der Waals surface area contributed by atoms with Crippen LogP contribution in [0.25, 0.3) is 0 Å². The SMILES string of the molecule is CCOc1cccc(N(CC(=O)Nc2sc3c(c2C(=O)OC)CCCC3)S(C)(=O)=O)c1. The highest BCUT2D eigenvalue weighted by Crippen LogP contribution is 2.38. The van der Waals surface area contributed by atoms with Gasteiger partial charge in [0.05, 0.1) is 31.2 Å². The van der Waals surface area contributed by atoms with Crippen LogP contribution in [-0.2, 0) is 32.4 Å². The number of amides is 1. The Labute approximate surface area is 186 Å². The van der Waals surface area contributed by atoms with Crippen LogP contribution in [-0.4, -0.2) is 46.8 Å². The molecule has 1 N–H and O–H groups in total. The number of thiophene rings is 1. The van der Waals surface area contributed by atoms with Crippen LogP contribution in [0.4, 0.5) is 10.7 Å². The van der Waals surface area contributed by atoms with E-state index in [-0.39, 0.29) is 0 Å². The van der Waals surface area contributed by atoms with Gasteiger partial charge in [0, 0.05) is 10.9 Å². The Morgan fingerprint density at radius 2 is 1.97 bits per heavy atom. The number of hydrogen-bond acceptors (Lipinski definition) is 7. The minimum Gasteiger partial charge on any atom is -0.494 e. The maximum absolute atomic E-state index is 12.8. The van der Waals surface area contributed by atoms with Crippen LogP contribution < -0.4 is 14.4 Å². The summed E-state index contributed by atoms with van der Waals surface area (Å²) in [7, 11) is -2.44. The molecule has 1 aromatic carbocycles. The highest BCUT2D eigenvalue weighted by atomic mass is 32.2. The molecule has 0 unspecified atom stereocenters. The number of nitrogens with zero attached hydrogens (tertiary/aromatic N) is 1. The summed E-state index contributed by atoms with van der Waals surface area (Å²) in [5, 5.41) is 3.14. The number of carbonyl (C=O) groups excluding carboxylic acids is 2. The molecule has 1 aromatic heterocycles. The molecule has 3 rings (SSSR count). The number of methoxy groups -OCH3 is 1. The van der Waals surface area contributed by atoms with Gasteiger partial charge in [-0.2, -0.15) is 0 Å². The quantitative estimate of drug-likeness (QED) is 0.600. The van der Waals surface area contributed by atoms with Crippen molar-refractivity contribution in [3.05, 3.63) is 40.3 Å². The first-order chi connectivity index (χ1) is 14.7. The Bertz CT molecular complexity index is 1080. The van der Waals surface area contributed by atoms with Crippen molar-refractivity contribution in [1.82, 2.24) is 0 Å². The zero-order chi connectivity index (χ0) is 22.6. The van der Waals surface area contributed by atoms with E-state index in [1.165, 1.54) is 18.4 Å². The van der Waals surface area contributed by atoms with Gasteiger partial charge in [-0.25, -0.2) is 13.2 Å². The van der Waals surface area contributed by atoms with Crippen molar-refractivity contribution >= 4 is 43.9 Å². The van der Waals surface area contributed by atoms with Gasteiger partial charge in [-0.1, -0.05) is 6.07 Å². The van der Waals surface area contributed by atoms with Gasteiger partial charge in [-0.05, 0) is 50.3 Å². The number of aryl methyl sites for hydroxylation is 1. The molecule has 31 heavy (non-hydrogen) atoms. The van der Waals surface area contributed by atoms with Gasteiger partial charge >= 0.3 is 5.97 Å². The average Bonchev–Trinajstić information content (AvgIpc) is 3.08. The van der Waals surface area contributed by atoms with Crippen molar-refractivity contribution in [2.24, 2.45) is 0 Å². The molecule has 0 spiro atoms. The Hall–Kier alpha value is -2.59. The predicted molar refractivity (Wildman–Crippen MR) is 121 cm³/mol. The van der Waals surface area contributed by atoms with Crippen molar-refractivity contribution < 1.29 is 27.5 Å². The van der Waals surface area contributed by atoms with Gasteiger partial charge in [0.25, 0.3) is 0 Å². The summed E-state index contributed by atoms with van der Waals surface area (Å²) in [5.41, 5.74) is 1.62. The smallest absolute Gasteiger partial charge is 0.341 e. The zero-order valence-electron chi connectivity index (χ0n) is 17.8. The summed E-state index contributed by atoms with van der Waals surface area (Å²) in [5.74, 6) is -0.539. The minimum absolute atomic E-state index is 0.322. The lowest BCUT2D eigenvalue weighted by Crippen LogP contribution is -2.37. The number of carbonyl (C=O) groups is 2. The molecule has 2 aromatic rings. The summed E-state index contributed by atoms with van der Waals surface area (Å²) in [6.45, 7) is 1.83. The van der Waals surface area contributed by atoms with E-state index < -0.39 is 28.4 Å². The average molecular weight is 467 g/mol. The zero-order valence-corrected chi connectivity index (χ0v) is 19.4. The van der Waals surface area contributed by atoms with Crippen molar-refractivity contribution in [1.29, 1.82) is 0 Å². The normalized spacial score (nSPS) is 13.3. The molecular weight excluding hydrogens is 440 g/mol. The highest BCUT2D eigenvalue weighted by molar-refractivity contribution is 7.92. The molecule has 0 radical (unpaired) electrons. The van der Waals surface area contributed by atoms with E-state index in [4.69, 9.17) is 9.47 Å². The number of rotatable bonds is 8. The number of sulfonamides is 1. The Balaban J connectivity index is 1.87. The topological polar surface area (TPSA) is 102 Å². The van der Waals surface area contributed by atoms with Crippen molar-refractivity contribution in [2.75, 3.05) is 36.1 Å². The van der Waals surface area contributed by atoms with E-state index in [0.29, 0.717) is 28.6 Å². The van der Waals surface area contributed by atoms with E-state index in [2.05, 4.69) is 5.32 Å². The molecule has 8 nitrogen and oxygen atoms in total. The monoisotopic (exact) mass is 466 g/mol. The van der Waals surface area contributed by atoms with E-state index in [0.717, 1.165) is 46.7 Å². The minimum atomic E-state index is -3.74. The predicted octanol–water partition coefficient (Wildman–Crippen LogP) is 3.22. The third-order valence-corrected chi connectivity index (χ3v) is 7.27. The van der Waals surface area contributed by atoms with Gasteiger partial charge < -0.3 is 14.8 Å². The molecule has 0 saturated heterocycles. The van der Waals surface area contributed by atoms with E-state index >= 15 is 0 Å². The Morgan fingerprint density at radius 3 is 2.65 bits per heavy atom. The largest absolute Gasteiger partial charge is 0.494 e. The maximum Gasteiger partial charge on any atom is 0.341 e. The first kappa shape index (κ1) is 23.1. The summed E-state index contributed by atoms with van der Waals surface area (Å²) in [6, 6.07) is 6.55. The van der Waals surface area contributed by atoms with Crippen LogP contribution in [0.15, 0.2) is 24.3 Å². The van der Waals surface area contributed by atoms with E-state index in [9.17, 15) is 18.0 Å². The van der Waals surface area contributed by atoms with Crippen LogP contribution in [0.2, 0.25) is 0 Å². The molecule has 1 aliphatic rings. The molecule has 0 bridgehead atoms. The lowest BCUT2D eigenvalue weighted by Gasteiger charge is -2.22. The van der Waals surface area contributed by atoms with E-state index in [1.807, 2.05) is 6.92 Å². The molecule has 0 atom stereocenters. The number of anilines is 2. The van der Waals surface area contributed by atoms with Crippen LogP contribution in [0.1, 0.15) is 40.6 Å². The van der Waals surface area contributed by atoms with Crippen LogP contribution in [0.5, 0.6) is 5.75 Å². The van der Waals surface area contributed by atoms with Gasteiger partial charge in [-0.3, -0.25) is 9.10 Å². The van der Waals surface area contributed by atoms with Crippen LogP contribution in [0.3, 0.4) is 0 Å². The lowest BCUT2D eigenvalue weighted by atomic mass is 9.95. The first-order valence-corrected chi connectivity index (χ1v) is 12.6. The van der Waals surface area contributed by atoms with Gasteiger partial charge in [0.15, 0.2) is 0 Å². The second-order valence-electron chi connectivity index (χ2n) is 7.15. The second kappa shape index (κ2) is 9.69. The highest BCUT2D eigenvalue weighted by Gasteiger charge is 2.28. The van der Waals surface area contributed by atoms with Crippen molar-refractivity contribution in [3.63, 3.8) is 0 Å². The molecule has 1 amide bonds. The third kappa shape index (κ3) is 5.37. The summed E-state index contributed by atoms with van der Waals surface area (Å²) in [4.78, 5) is 26.3. The van der Waals surface area contributed by atoms with Crippen LogP contribution in [0, 0.1) is 0 Å². The fourth-order valence-electron chi connectivity index (χ4n) is 3.56. The molecule has 1 heterocycles. The standard InChI is InChI=1S/C21H26N2O6S2/c1-4-29-15-9-7-8-14(12-15)23(31(3,26)27)13-18(24)22-20-19(21(25)28-2)16-10-5-6-11-17(16)30-20/h7-9,12H,4-6,10-11,13H2,1-3H3,(H,22,24). The number of esters is 1. The Kier molecular flexibility index (Phi) is 7.22. The van der Waals surface area contributed by atoms with Gasteiger partial charge in [0.1, 0.15) is 17.3 Å². The third-order valence-electron chi connectivity index (χ3n) is 4.92.